The minimum atomic E-state index is -0.478. The molecule has 0 atom stereocenters. The van der Waals surface area contributed by atoms with Gasteiger partial charge >= 0.3 is 12.1 Å². The van der Waals surface area contributed by atoms with Crippen LogP contribution in [0.1, 0.15) is 56.8 Å². The number of benzene rings is 1. The van der Waals surface area contributed by atoms with E-state index in [-0.39, 0.29) is 18.1 Å². The van der Waals surface area contributed by atoms with E-state index in [4.69, 9.17) is 9.57 Å². The molecule has 0 radical (unpaired) electrons. The van der Waals surface area contributed by atoms with Crippen LogP contribution in [0.5, 0.6) is 0 Å². The van der Waals surface area contributed by atoms with Crippen molar-refractivity contribution in [2.45, 2.75) is 58.1 Å². The lowest BCUT2D eigenvalue weighted by atomic mass is 9.86. The lowest BCUT2D eigenvalue weighted by Crippen LogP contribution is -2.39. The third-order valence-electron chi connectivity index (χ3n) is 4.11. The molecule has 0 unspecified atom stereocenters. The standard InChI is InChI=1S/C19H28N2O4/c1-19(2,3)24-18(23)20-13-14-9-11-16(12-10-14)21-25-17(22)15-7-5-4-6-8-15/h4-8,14,16,21H,9-13H2,1-3H3,(H,20,23). The van der Waals surface area contributed by atoms with Gasteiger partial charge in [-0.15, -0.1) is 5.48 Å². The van der Waals surface area contributed by atoms with Gasteiger partial charge in [-0.1, -0.05) is 18.2 Å². The Bertz CT molecular complexity index is 561. The van der Waals surface area contributed by atoms with E-state index in [1.165, 1.54) is 0 Å². The van der Waals surface area contributed by atoms with Crippen molar-refractivity contribution in [1.82, 2.24) is 10.8 Å². The topological polar surface area (TPSA) is 76.7 Å². The fourth-order valence-corrected chi connectivity index (χ4v) is 2.80. The maximum Gasteiger partial charge on any atom is 0.407 e. The summed E-state index contributed by atoms with van der Waals surface area (Å²) in [5, 5.41) is 2.83. The number of ether oxygens (including phenoxy) is 1. The van der Waals surface area contributed by atoms with Crippen molar-refractivity contribution < 1.29 is 19.2 Å². The molecular weight excluding hydrogens is 320 g/mol. The Hall–Kier alpha value is -2.08. The van der Waals surface area contributed by atoms with Gasteiger partial charge in [0.2, 0.25) is 0 Å². The zero-order valence-corrected chi connectivity index (χ0v) is 15.2. The zero-order chi connectivity index (χ0) is 18.3. The van der Waals surface area contributed by atoms with Gasteiger partial charge in [-0.3, -0.25) is 0 Å². The van der Waals surface area contributed by atoms with Gasteiger partial charge in [-0.05, 0) is 64.5 Å². The number of rotatable bonds is 5. The minimum absolute atomic E-state index is 0.158. The second-order valence-electron chi connectivity index (χ2n) is 7.47. The molecule has 6 heteroatoms. The molecule has 6 nitrogen and oxygen atoms in total. The monoisotopic (exact) mass is 348 g/mol. The maximum atomic E-state index is 11.9. The molecule has 1 aliphatic carbocycles. The molecule has 0 heterocycles. The number of hydrogen-bond donors (Lipinski definition) is 2. The molecule has 0 saturated heterocycles. The highest BCUT2D eigenvalue weighted by atomic mass is 16.7. The molecule has 0 bridgehead atoms. The summed E-state index contributed by atoms with van der Waals surface area (Å²) in [7, 11) is 0. The summed E-state index contributed by atoms with van der Waals surface area (Å²) in [5.74, 6) is 0.0599. The number of hydroxylamine groups is 1. The van der Waals surface area contributed by atoms with Crippen molar-refractivity contribution in [2.75, 3.05) is 6.54 Å². The van der Waals surface area contributed by atoms with Crippen molar-refractivity contribution in [3.63, 3.8) is 0 Å². The minimum Gasteiger partial charge on any atom is -0.444 e. The van der Waals surface area contributed by atoms with Gasteiger partial charge in [0.15, 0.2) is 0 Å². The second-order valence-corrected chi connectivity index (χ2v) is 7.47. The van der Waals surface area contributed by atoms with E-state index < -0.39 is 5.60 Å². The van der Waals surface area contributed by atoms with Crippen molar-refractivity contribution in [3.8, 4) is 0 Å². The molecule has 2 rings (SSSR count). The highest BCUT2D eigenvalue weighted by Gasteiger charge is 2.23. The molecule has 25 heavy (non-hydrogen) atoms. The van der Waals surface area contributed by atoms with Crippen LogP contribution >= 0.6 is 0 Å². The van der Waals surface area contributed by atoms with Crippen LogP contribution in [0.3, 0.4) is 0 Å². The second kappa shape index (κ2) is 8.85. The first kappa shape index (κ1) is 19.2. The van der Waals surface area contributed by atoms with Gasteiger partial charge in [0, 0.05) is 12.6 Å². The van der Waals surface area contributed by atoms with Crippen molar-refractivity contribution in [1.29, 1.82) is 0 Å². The highest BCUT2D eigenvalue weighted by Crippen LogP contribution is 2.24. The Morgan fingerprint density at radius 2 is 1.72 bits per heavy atom. The third kappa shape index (κ3) is 7.13. The van der Waals surface area contributed by atoms with E-state index in [2.05, 4.69) is 10.8 Å². The smallest absolute Gasteiger partial charge is 0.407 e. The maximum absolute atomic E-state index is 11.9. The SMILES string of the molecule is CC(C)(C)OC(=O)NCC1CCC(NOC(=O)c2ccccc2)CC1. The number of carbonyl (C=O) groups excluding carboxylic acids is 2. The van der Waals surface area contributed by atoms with Gasteiger partial charge in [0.05, 0.1) is 5.56 Å². The summed E-state index contributed by atoms with van der Waals surface area (Å²) in [6.07, 6.45) is 3.38. The number of alkyl carbamates (subject to hydrolysis) is 1. The van der Waals surface area contributed by atoms with Crippen molar-refractivity contribution in [2.24, 2.45) is 5.92 Å². The van der Waals surface area contributed by atoms with Crippen LogP contribution in [-0.4, -0.2) is 30.3 Å². The van der Waals surface area contributed by atoms with E-state index in [1.54, 1.807) is 24.3 Å². The summed E-state index contributed by atoms with van der Waals surface area (Å²) in [5.41, 5.74) is 2.93. The van der Waals surface area contributed by atoms with Crippen LogP contribution in [-0.2, 0) is 9.57 Å². The zero-order valence-electron chi connectivity index (χ0n) is 15.2. The van der Waals surface area contributed by atoms with Gasteiger partial charge in [-0.2, -0.15) is 0 Å². The van der Waals surface area contributed by atoms with Crippen LogP contribution in [0.2, 0.25) is 0 Å². The Labute approximate surface area is 149 Å². The lowest BCUT2D eigenvalue weighted by molar-refractivity contribution is 0.00907. The number of hydrogen-bond acceptors (Lipinski definition) is 5. The average molecular weight is 348 g/mol. The first-order valence-electron chi connectivity index (χ1n) is 8.82. The van der Waals surface area contributed by atoms with Crippen molar-refractivity contribution in [3.05, 3.63) is 35.9 Å². The normalized spacial score (nSPS) is 20.6. The van der Waals surface area contributed by atoms with Crippen LogP contribution < -0.4 is 10.8 Å². The van der Waals surface area contributed by atoms with Gasteiger partial charge in [0.1, 0.15) is 5.60 Å². The van der Waals surface area contributed by atoms with Gasteiger partial charge < -0.3 is 14.9 Å². The largest absolute Gasteiger partial charge is 0.444 e. The quantitative estimate of drug-likeness (QED) is 0.797. The highest BCUT2D eigenvalue weighted by molar-refractivity contribution is 5.89. The fourth-order valence-electron chi connectivity index (χ4n) is 2.80. The molecule has 1 saturated carbocycles. The molecule has 0 aromatic heterocycles. The first-order valence-corrected chi connectivity index (χ1v) is 8.82. The molecule has 0 aliphatic heterocycles. The number of carbonyl (C=O) groups is 2. The fraction of sp³-hybridized carbons (Fsp3) is 0.579. The van der Waals surface area contributed by atoms with Gasteiger partial charge in [0.25, 0.3) is 0 Å². The lowest BCUT2D eigenvalue weighted by Gasteiger charge is -2.29. The van der Waals surface area contributed by atoms with Crippen LogP contribution in [0, 0.1) is 5.92 Å². The Morgan fingerprint density at radius 1 is 1.08 bits per heavy atom. The predicted octanol–water partition coefficient (Wildman–Crippen LogP) is 3.43. The molecule has 0 spiro atoms. The van der Waals surface area contributed by atoms with E-state index in [0.29, 0.717) is 18.0 Å². The van der Waals surface area contributed by atoms with E-state index in [0.717, 1.165) is 25.7 Å². The van der Waals surface area contributed by atoms with E-state index in [9.17, 15) is 9.59 Å². The molecular formula is C19H28N2O4. The Morgan fingerprint density at radius 3 is 2.32 bits per heavy atom. The molecule has 1 aromatic carbocycles. The number of nitrogens with one attached hydrogen (secondary N) is 2. The summed E-state index contributed by atoms with van der Waals surface area (Å²) >= 11 is 0. The van der Waals surface area contributed by atoms with Crippen LogP contribution in [0.15, 0.2) is 30.3 Å². The van der Waals surface area contributed by atoms with Crippen molar-refractivity contribution >= 4 is 12.1 Å². The van der Waals surface area contributed by atoms with Crippen LogP contribution in [0.25, 0.3) is 0 Å². The number of amides is 1. The Balaban J connectivity index is 1.63. The van der Waals surface area contributed by atoms with E-state index >= 15 is 0 Å². The Kier molecular flexibility index (Phi) is 6.82. The van der Waals surface area contributed by atoms with Crippen LogP contribution in [0.4, 0.5) is 4.79 Å². The molecule has 2 N–H and O–H groups in total. The molecule has 1 aromatic rings. The average Bonchev–Trinajstić information content (AvgIpc) is 2.58. The molecule has 1 aliphatic rings. The summed E-state index contributed by atoms with van der Waals surface area (Å²) < 4.78 is 5.24. The third-order valence-corrected chi connectivity index (χ3v) is 4.11. The molecule has 1 amide bonds. The summed E-state index contributed by atoms with van der Waals surface area (Å²) in [6, 6.07) is 9.08. The van der Waals surface area contributed by atoms with E-state index in [1.807, 2.05) is 26.8 Å². The molecule has 1 fully saturated rings. The molecule has 138 valence electrons. The summed E-state index contributed by atoms with van der Waals surface area (Å²) in [6.45, 7) is 6.16. The summed E-state index contributed by atoms with van der Waals surface area (Å²) in [4.78, 5) is 28.7. The first-order chi connectivity index (χ1) is 11.8. The van der Waals surface area contributed by atoms with Gasteiger partial charge in [-0.25, -0.2) is 9.59 Å². The predicted molar refractivity (Wildman–Crippen MR) is 95.0 cm³/mol.